The fourth-order valence-electron chi connectivity index (χ4n) is 3.08. The zero-order chi connectivity index (χ0) is 9.64. The predicted octanol–water partition coefficient (Wildman–Crippen LogP) is 4.56. The van der Waals surface area contributed by atoms with Crippen LogP contribution in [-0.2, 0) is 0 Å². The predicted molar refractivity (Wildman–Crippen MR) is 61.8 cm³/mol. The lowest BCUT2D eigenvalue weighted by molar-refractivity contribution is 0.368. The first kappa shape index (κ1) is 10.5. The van der Waals surface area contributed by atoms with E-state index in [4.69, 9.17) is 0 Å². The zero-order valence-corrected chi connectivity index (χ0v) is 9.38. The molecule has 2 saturated carbocycles. The quantitative estimate of drug-likeness (QED) is 0.534. The van der Waals surface area contributed by atoms with Crippen molar-refractivity contribution in [3.05, 3.63) is 12.8 Å². The summed E-state index contributed by atoms with van der Waals surface area (Å²) in [5.41, 5.74) is 0. The molecule has 2 atom stereocenters. The van der Waals surface area contributed by atoms with Crippen molar-refractivity contribution in [1.29, 1.82) is 0 Å². The molecule has 2 aliphatic carbocycles. The smallest absolute Gasteiger partial charge is 0.0352 e. The molecule has 0 amide bonds. The zero-order valence-electron chi connectivity index (χ0n) is 9.38. The summed E-state index contributed by atoms with van der Waals surface area (Å²) in [6.45, 7) is 0. The summed E-state index contributed by atoms with van der Waals surface area (Å²) in [6, 6.07) is 0. The normalized spacial score (nSPS) is 28.3. The third-order valence-corrected chi connectivity index (χ3v) is 3.97. The lowest BCUT2D eigenvalue weighted by Crippen LogP contribution is -2.14. The Bertz CT molecular complexity index is 116. The molecule has 0 aromatic rings. The van der Waals surface area contributed by atoms with Crippen LogP contribution in [0.3, 0.4) is 0 Å². The fraction of sp³-hybridized carbons (Fsp3) is 0.857. The summed E-state index contributed by atoms with van der Waals surface area (Å²) in [5.74, 6) is 1.88. The average molecular weight is 192 g/mol. The lowest BCUT2D eigenvalue weighted by Gasteiger charge is -2.24. The molecule has 0 aliphatic heterocycles. The van der Waals surface area contributed by atoms with Gasteiger partial charge in [0.25, 0.3) is 0 Å². The van der Waals surface area contributed by atoms with Gasteiger partial charge in [-0.2, -0.15) is 0 Å². The number of rotatable bonds is 1. The summed E-state index contributed by atoms with van der Waals surface area (Å²) in [5, 5.41) is 0. The summed E-state index contributed by atoms with van der Waals surface area (Å²) in [6.07, 6.45) is 19.8. The van der Waals surface area contributed by atoms with Crippen LogP contribution in [0.1, 0.15) is 64.2 Å². The Morgan fingerprint density at radius 2 is 1.07 bits per heavy atom. The maximum absolute atomic E-state index is 2.64. The van der Waals surface area contributed by atoms with Crippen LogP contribution < -0.4 is 0 Å². The molecule has 0 saturated heterocycles. The molecule has 14 heavy (non-hydrogen) atoms. The van der Waals surface area contributed by atoms with Crippen molar-refractivity contribution in [2.24, 2.45) is 11.8 Å². The topological polar surface area (TPSA) is 0 Å². The molecule has 0 bridgehead atoms. The third kappa shape index (κ3) is 3.00. The van der Waals surface area contributed by atoms with Crippen molar-refractivity contribution in [3.8, 4) is 0 Å². The first-order chi connectivity index (χ1) is 6.97. The molecule has 0 heterocycles. The molecular weight excluding hydrogens is 168 g/mol. The fourth-order valence-corrected chi connectivity index (χ4v) is 3.08. The van der Waals surface area contributed by atoms with Gasteiger partial charge in [-0.1, -0.05) is 38.5 Å². The molecule has 2 fully saturated rings. The van der Waals surface area contributed by atoms with E-state index < -0.39 is 0 Å². The number of hydrogen-bond acceptors (Lipinski definition) is 0. The molecule has 0 aromatic carbocycles. The van der Waals surface area contributed by atoms with E-state index in [-0.39, 0.29) is 0 Å². The molecule has 0 aromatic heterocycles. The molecule has 80 valence electrons. The molecular formula is C14H24. The second-order valence-electron chi connectivity index (χ2n) is 5.08. The highest BCUT2D eigenvalue weighted by Gasteiger charge is 2.23. The highest BCUT2D eigenvalue weighted by atomic mass is 14.3. The minimum absolute atomic E-state index is 0.940. The highest BCUT2D eigenvalue weighted by molar-refractivity contribution is 4.92. The van der Waals surface area contributed by atoms with Crippen molar-refractivity contribution in [2.45, 2.75) is 64.2 Å². The van der Waals surface area contributed by atoms with Gasteiger partial charge >= 0.3 is 0 Å². The standard InChI is InChI=1S/C14H24/c1-2-6-10-13(9-5-1)14-11-7-3-4-8-12-14/h9,11,13-14H,1-8,10,12H2. The van der Waals surface area contributed by atoms with Crippen molar-refractivity contribution in [1.82, 2.24) is 0 Å². The van der Waals surface area contributed by atoms with E-state index in [1.807, 2.05) is 0 Å². The van der Waals surface area contributed by atoms with Gasteiger partial charge in [-0.05, 0) is 50.4 Å². The van der Waals surface area contributed by atoms with Crippen molar-refractivity contribution in [2.75, 3.05) is 0 Å². The maximum Gasteiger partial charge on any atom is -0.0352 e. The Balaban J connectivity index is 1.83. The molecule has 0 nitrogen and oxygen atoms in total. The van der Waals surface area contributed by atoms with E-state index in [1.54, 1.807) is 0 Å². The molecule has 2 radical (unpaired) electrons. The first-order valence-corrected chi connectivity index (χ1v) is 6.63. The second-order valence-corrected chi connectivity index (χ2v) is 5.08. The Morgan fingerprint density at radius 3 is 1.57 bits per heavy atom. The lowest BCUT2D eigenvalue weighted by atomic mass is 9.81. The van der Waals surface area contributed by atoms with Crippen molar-refractivity contribution in [3.63, 3.8) is 0 Å². The van der Waals surface area contributed by atoms with E-state index in [0.717, 1.165) is 11.8 Å². The van der Waals surface area contributed by atoms with E-state index in [0.29, 0.717) is 0 Å². The van der Waals surface area contributed by atoms with Gasteiger partial charge in [-0.15, -0.1) is 0 Å². The summed E-state index contributed by atoms with van der Waals surface area (Å²) in [7, 11) is 0. The molecule has 0 N–H and O–H groups in total. The molecule has 2 aliphatic rings. The van der Waals surface area contributed by atoms with E-state index >= 15 is 0 Å². The van der Waals surface area contributed by atoms with Gasteiger partial charge in [0.05, 0.1) is 0 Å². The van der Waals surface area contributed by atoms with E-state index in [2.05, 4.69) is 12.8 Å². The summed E-state index contributed by atoms with van der Waals surface area (Å²) in [4.78, 5) is 0. The van der Waals surface area contributed by atoms with Crippen LogP contribution in [0.2, 0.25) is 0 Å². The third-order valence-electron chi connectivity index (χ3n) is 3.97. The molecule has 0 spiro atoms. The average Bonchev–Trinajstić information content (AvgIpc) is 2.62. The van der Waals surface area contributed by atoms with Crippen LogP contribution in [0.25, 0.3) is 0 Å². The first-order valence-electron chi connectivity index (χ1n) is 6.63. The van der Waals surface area contributed by atoms with Crippen LogP contribution in [0, 0.1) is 24.7 Å². The van der Waals surface area contributed by atoms with E-state index in [9.17, 15) is 0 Å². The van der Waals surface area contributed by atoms with Gasteiger partial charge in [0.2, 0.25) is 0 Å². The Kier molecular flexibility index (Phi) is 4.34. The largest absolute Gasteiger partial charge is 0.0533 e. The van der Waals surface area contributed by atoms with Gasteiger partial charge in [0.1, 0.15) is 0 Å². The van der Waals surface area contributed by atoms with Gasteiger partial charge < -0.3 is 0 Å². The van der Waals surface area contributed by atoms with Gasteiger partial charge in [0, 0.05) is 0 Å². The highest BCUT2D eigenvalue weighted by Crippen LogP contribution is 2.35. The van der Waals surface area contributed by atoms with Crippen LogP contribution >= 0.6 is 0 Å². The maximum atomic E-state index is 2.64. The van der Waals surface area contributed by atoms with Gasteiger partial charge in [0.15, 0.2) is 0 Å². The SMILES string of the molecule is [CH]1CCCCCC1C1[CH]CCCCC1. The van der Waals surface area contributed by atoms with Gasteiger partial charge in [-0.25, -0.2) is 0 Å². The van der Waals surface area contributed by atoms with Gasteiger partial charge in [-0.3, -0.25) is 0 Å². The minimum Gasteiger partial charge on any atom is -0.0533 e. The van der Waals surface area contributed by atoms with Crippen molar-refractivity contribution < 1.29 is 0 Å². The molecule has 2 unspecified atom stereocenters. The van der Waals surface area contributed by atoms with Crippen LogP contribution in [0.15, 0.2) is 0 Å². The Morgan fingerprint density at radius 1 is 0.571 bits per heavy atom. The Labute approximate surface area is 89.5 Å². The van der Waals surface area contributed by atoms with Crippen molar-refractivity contribution >= 4 is 0 Å². The summed E-state index contributed by atoms with van der Waals surface area (Å²) < 4.78 is 0. The summed E-state index contributed by atoms with van der Waals surface area (Å²) >= 11 is 0. The Hall–Kier alpha value is 0. The monoisotopic (exact) mass is 192 g/mol. The van der Waals surface area contributed by atoms with E-state index in [1.165, 1.54) is 64.2 Å². The van der Waals surface area contributed by atoms with Crippen LogP contribution in [0.5, 0.6) is 0 Å². The number of hydrogen-bond donors (Lipinski definition) is 0. The van der Waals surface area contributed by atoms with Crippen LogP contribution in [-0.4, -0.2) is 0 Å². The second kappa shape index (κ2) is 5.78. The van der Waals surface area contributed by atoms with Crippen LogP contribution in [0.4, 0.5) is 0 Å². The molecule has 0 heteroatoms. The minimum atomic E-state index is 0.940. The molecule has 2 rings (SSSR count).